The van der Waals surface area contributed by atoms with Gasteiger partial charge in [-0.2, -0.15) is 0 Å². The summed E-state index contributed by atoms with van der Waals surface area (Å²) in [7, 11) is 0. The van der Waals surface area contributed by atoms with Gasteiger partial charge in [0.15, 0.2) is 5.82 Å². The molecule has 1 aromatic carbocycles. The molecule has 1 aromatic rings. The van der Waals surface area contributed by atoms with Crippen molar-refractivity contribution in [2.24, 2.45) is 0 Å². The van der Waals surface area contributed by atoms with Crippen molar-refractivity contribution in [1.29, 1.82) is 0 Å². The number of hydrogen-bond donors (Lipinski definition) is 1. The first kappa shape index (κ1) is 12.3. The van der Waals surface area contributed by atoms with Gasteiger partial charge in [0.2, 0.25) is 0 Å². The van der Waals surface area contributed by atoms with Gasteiger partial charge in [-0.05, 0) is 38.4 Å². The summed E-state index contributed by atoms with van der Waals surface area (Å²) in [5, 5.41) is 3.31. The average molecular weight is 240 g/mol. The van der Waals surface area contributed by atoms with Gasteiger partial charge in [0.1, 0.15) is 11.5 Å². The molecule has 17 heavy (non-hydrogen) atoms. The minimum absolute atomic E-state index is 0.126. The van der Waals surface area contributed by atoms with E-state index in [9.17, 15) is 8.78 Å². The zero-order chi connectivity index (χ0) is 12.4. The Hall–Kier alpha value is -1.16. The summed E-state index contributed by atoms with van der Waals surface area (Å²) in [5.41, 5.74) is 0.617. The van der Waals surface area contributed by atoms with Crippen LogP contribution in [0.25, 0.3) is 0 Å². The van der Waals surface area contributed by atoms with Crippen LogP contribution in [0.1, 0.15) is 18.9 Å². The predicted molar refractivity (Wildman–Crippen MR) is 65.4 cm³/mol. The zero-order valence-corrected chi connectivity index (χ0v) is 10.3. The maximum atomic E-state index is 14.0. The number of rotatable bonds is 1. The standard InChI is InChI=1S/C13H18F2N2/c1-9-4-5-11(14)13(12(9)15)17-7-3-6-16-10(2)8-17/h4-5,10,16H,3,6-8H2,1-2H3. The normalized spacial score (nSPS) is 21.4. The summed E-state index contributed by atoms with van der Waals surface area (Å²) in [5.74, 6) is -0.902. The molecule has 1 N–H and O–H groups in total. The largest absolute Gasteiger partial charge is 0.365 e. The van der Waals surface area contributed by atoms with Crippen molar-refractivity contribution >= 4 is 5.69 Å². The van der Waals surface area contributed by atoms with Crippen molar-refractivity contribution < 1.29 is 8.78 Å². The van der Waals surface area contributed by atoms with E-state index in [2.05, 4.69) is 5.32 Å². The molecule has 1 heterocycles. The molecule has 0 aromatic heterocycles. The third-order valence-corrected chi connectivity index (χ3v) is 3.17. The summed E-state index contributed by atoms with van der Waals surface area (Å²) < 4.78 is 27.8. The van der Waals surface area contributed by atoms with Crippen LogP contribution in [-0.4, -0.2) is 25.7 Å². The molecule has 0 radical (unpaired) electrons. The molecule has 0 saturated carbocycles. The van der Waals surface area contributed by atoms with Gasteiger partial charge in [-0.15, -0.1) is 0 Å². The zero-order valence-electron chi connectivity index (χ0n) is 10.3. The molecule has 1 aliphatic heterocycles. The Morgan fingerprint density at radius 2 is 2.12 bits per heavy atom. The average Bonchev–Trinajstić information content (AvgIpc) is 2.49. The number of benzene rings is 1. The van der Waals surface area contributed by atoms with E-state index in [-0.39, 0.29) is 11.7 Å². The molecule has 1 fully saturated rings. The van der Waals surface area contributed by atoms with E-state index < -0.39 is 11.6 Å². The fourth-order valence-corrected chi connectivity index (χ4v) is 2.24. The summed E-state index contributed by atoms with van der Waals surface area (Å²) in [6.45, 7) is 5.92. The van der Waals surface area contributed by atoms with Crippen molar-refractivity contribution in [2.75, 3.05) is 24.5 Å². The van der Waals surface area contributed by atoms with Crippen molar-refractivity contribution in [1.82, 2.24) is 5.32 Å². The van der Waals surface area contributed by atoms with Gasteiger partial charge >= 0.3 is 0 Å². The van der Waals surface area contributed by atoms with Crippen LogP contribution >= 0.6 is 0 Å². The first-order valence-corrected chi connectivity index (χ1v) is 6.02. The van der Waals surface area contributed by atoms with Crippen molar-refractivity contribution in [3.8, 4) is 0 Å². The summed E-state index contributed by atoms with van der Waals surface area (Å²) in [4.78, 5) is 1.81. The van der Waals surface area contributed by atoms with E-state index in [4.69, 9.17) is 0 Å². The lowest BCUT2D eigenvalue weighted by Crippen LogP contribution is -2.36. The van der Waals surface area contributed by atoms with Crippen LogP contribution in [0.15, 0.2) is 12.1 Å². The predicted octanol–water partition coefficient (Wildman–Crippen LogP) is 2.46. The Bertz CT molecular complexity index is 407. The molecule has 2 rings (SSSR count). The molecule has 0 aliphatic carbocycles. The molecule has 0 bridgehead atoms. The van der Waals surface area contributed by atoms with E-state index in [0.717, 1.165) is 13.0 Å². The van der Waals surface area contributed by atoms with Gasteiger partial charge in [-0.1, -0.05) is 6.07 Å². The Morgan fingerprint density at radius 3 is 2.88 bits per heavy atom. The monoisotopic (exact) mass is 240 g/mol. The Morgan fingerprint density at radius 1 is 1.35 bits per heavy atom. The SMILES string of the molecule is Cc1ccc(F)c(N2CCCNC(C)C2)c1F. The third kappa shape index (κ3) is 2.57. The second kappa shape index (κ2) is 5.00. The van der Waals surface area contributed by atoms with E-state index in [1.165, 1.54) is 12.1 Å². The van der Waals surface area contributed by atoms with Crippen LogP contribution < -0.4 is 10.2 Å². The van der Waals surface area contributed by atoms with Crippen LogP contribution in [0.4, 0.5) is 14.5 Å². The molecular formula is C13H18F2N2. The topological polar surface area (TPSA) is 15.3 Å². The molecule has 2 nitrogen and oxygen atoms in total. The Balaban J connectivity index is 2.34. The molecule has 4 heteroatoms. The van der Waals surface area contributed by atoms with Gasteiger partial charge in [-0.25, -0.2) is 8.78 Å². The molecule has 1 unspecified atom stereocenters. The quantitative estimate of drug-likeness (QED) is 0.811. The van der Waals surface area contributed by atoms with Gasteiger partial charge in [-0.3, -0.25) is 0 Å². The Labute approximate surface area is 101 Å². The van der Waals surface area contributed by atoms with Crippen LogP contribution in [0, 0.1) is 18.6 Å². The summed E-state index contributed by atoms with van der Waals surface area (Å²) >= 11 is 0. The van der Waals surface area contributed by atoms with Crippen LogP contribution in [0.3, 0.4) is 0 Å². The van der Waals surface area contributed by atoms with E-state index >= 15 is 0 Å². The molecule has 94 valence electrons. The van der Waals surface area contributed by atoms with Crippen molar-refractivity contribution in [3.63, 3.8) is 0 Å². The number of nitrogens with zero attached hydrogens (tertiary/aromatic N) is 1. The number of aryl methyl sites for hydroxylation is 1. The minimum Gasteiger partial charge on any atom is -0.365 e. The Kier molecular flexibility index (Phi) is 3.62. The van der Waals surface area contributed by atoms with Crippen LogP contribution in [-0.2, 0) is 0 Å². The first-order valence-electron chi connectivity index (χ1n) is 6.02. The van der Waals surface area contributed by atoms with E-state index in [1.807, 2.05) is 11.8 Å². The summed E-state index contributed by atoms with van der Waals surface area (Å²) in [6, 6.07) is 3.07. The highest BCUT2D eigenvalue weighted by atomic mass is 19.1. The number of anilines is 1. The second-order valence-corrected chi connectivity index (χ2v) is 4.68. The highest BCUT2D eigenvalue weighted by Gasteiger charge is 2.21. The van der Waals surface area contributed by atoms with Crippen molar-refractivity contribution in [2.45, 2.75) is 26.3 Å². The minimum atomic E-state index is -0.470. The fourth-order valence-electron chi connectivity index (χ4n) is 2.24. The van der Waals surface area contributed by atoms with Gasteiger partial charge in [0, 0.05) is 19.1 Å². The molecular weight excluding hydrogens is 222 g/mol. The fraction of sp³-hybridized carbons (Fsp3) is 0.538. The highest BCUT2D eigenvalue weighted by molar-refractivity contribution is 5.51. The smallest absolute Gasteiger partial charge is 0.152 e. The molecule has 0 spiro atoms. The lowest BCUT2D eigenvalue weighted by Gasteiger charge is -2.26. The highest BCUT2D eigenvalue weighted by Crippen LogP contribution is 2.26. The maximum Gasteiger partial charge on any atom is 0.152 e. The molecule has 0 amide bonds. The van der Waals surface area contributed by atoms with Crippen LogP contribution in [0.2, 0.25) is 0 Å². The van der Waals surface area contributed by atoms with Gasteiger partial charge in [0.25, 0.3) is 0 Å². The summed E-state index contributed by atoms with van der Waals surface area (Å²) in [6.07, 6.45) is 0.900. The molecule has 1 aliphatic rings. The third-order valence-electron chi connectivity index (χ3n) is 3.17. The lowest BCUT2D eigenvalue weighted by molar-refractivity contribution is 0.552. The molecule has 1 saturated heterocycles. The maximum absolute atomic E-state index is 14.0. The van der Waals surface area contributed by atoms with Crippen LogP contribution in [0.5, 0.6) is 0 Å². The van der Waals surface area contributed by atoms with Gasteiger partial charge in [0.05, 0.1) is 0 Å². The number of nitrogens with one attached hydrogen (secondary N) is 1. The number of hydrogen-bond acceptors (Lipinski definition) is 2. The molecule has 1 atom stereocenters. The van der Waals surface area contributed by atoms with Crippen molar-refractivity contribution in [3.05, 3.63) is 29.3 Å². The lowest BCUT2D eigenvalue weighted by atomic mass is 10.1. The second-order valence-electron chi connectivity index (χ2n) is 4.68. The number of halogens is 2. The van der Waals surface area contributed by atoms with E-state index in [1.54, 1.807) is 6.92 Å². The van der Waals surface area contributed by atoms with Gasteiger partial charge < -0.3 is 10.2 Å². The first-order chi connectivity index (χ1) is 8.09. The van der Waals surface area contributed by atoms with E-state index in [0.29, 0.717) is 18.7 Å².